The largest absolute Gasteiger partial charge is 0.508 e. The summed E-state index contributed by atoms with van der Waals surface area (Å²) >= 11 is 5.55. The Balaban J connectivity index is 2.83. The van der Waals surface area contributed by atoms with Gasteiger partial charge in [-0.15, -0.1) is 11.6 Å². The molecule has 1 heterocycles. The molecule has 0 aliphatic rings. The Morgan fingerprint density at radius 2 is 2.29 bits per heavy atom. The number of halogens is 1. The minimum Gasteiger partial charge on any atom is -0.508 e. The summed E-state index contributed by atoms with van der Waals surface area (Å²) in [5, 5.41) is 9.53. The van der Waals surface area contributed by atoms with Gasteiger partial charge >= 0.3 is 0 Å². The normalized spacial score (nSPS) is 10.6. The Bertz CT molecular complexity index is 536. The number of H-pyrrole nitrogens is 1. The lowest BCUT2D eigenvalue weighted by molar-refractivity contribution is 0.476. The molecule has 0 fully saturated rings. The summed E-state index contributed by atoms with van der Waals surface area (Å²) in [6.07, 6.45) is 0. The molecule has 0 atom stereocenters. The second kappa shape index (κ2) is 3.31. The van der Waals surface area contributed by atoms with Crippen LogP contribution in [0.25, 0.3) is 10.9 Å². The first kappa shape index (κ1) is 9.02. The number of aromatic hydroxyl groups is 1. The van der Waals surface area contributed by atoms with Gasteiger partial charge < -0.3 is 10.1 Å². The number of aromatic amines is 1. The van der Waals surface area contributed by atoms with Crippen molar-refractivity contribution in [3.63, 3.8) is 0 Å². The maximum Gasteiger partial charge on any atom is 0.258 e. The molecule has 14 heavy (non-hydrogen) atoms. The molecule has 2 rings (SSSR count). The summed E-state index contributed by atoms with van der Waals surface area (Å²) in [7, 11) is 0. The first-order chi connectivity index (χ1) is 6.70. The Labute approximate surface area is 84.2 Å². The molecular formula is C9H7ClN2O2. The molecule has 0 bridgehead atoms. The van der Waals surface area contributed by atoms with Crippen molar-refractivity contribution in [1.82, 2.24) is 9.97 Å². The third kappa shape index (κ3) is 1.44. The summed E-state index contributed by atoms with van der Waals surface area (Å²) in [5.74, 6) is 0.629. The predicted octanol–water partition coefficient (Wildman–Crippen LogP) is 1.37. The van der Waals surface area contributed by atoms with E-state index in [1.807, 2.05) is 0 Å². The summed E-state index contributed by atoms with van der Waals surface area (Å²) in [4.78, 5) is 18.1. The average molecular weight is 211 g/mol. The molecule has 0 unspecified atom stereocenters. The number of nitrogens with zero attached hydrogens (tertiary/aromatic N) is 1. The number of fused-ring (bicyclic) bond motifs is 1. The average Bonchev–Trinajstić information content (AvgIpc) is 2.19. The molecule has 1 aromatic heterocycles. The fraction of sp³-hybridized carbons (Fsp3) is 0.111. The number of phenolic OH excluding ortho intramolecular Hbond substituents is 1. The highest BCUT2D eigenvalue weighted by Gasteiger charge is 2.03. The van der Waals surface area contributed by atoms with Gasteiger partial charge in [0.25, 0.3) is 5.56 Å². The van der Waals surface area contributed by atoms with E-state index in [9.17, 15) is 9.90 Å². The van der Waals surface area contributed by atoms with E-state index in [0.29, 0.717) is 16.7 Å². The van der Waals surface area contributed by atoms with E-state index in [1.54, 1.807) is 6.07 Å². The van der Waals surface area contributed by atoms with Crippen LogP contribution >= 0.6 is 11.6 Å². The van der Waals surface area contributed by atoms with Crippen molar-refractivity contribution >= 4 is 22.5 Å². The molecule has 4 nitrogen and oxygen atoms in total. The second-order valence-corrected chi connectivity index (χ2v) is 3.11. The van der Waals surface area contributed by atoms with E-state index >= 15 is 0 Å². The molecule has 5 heteroatoms. The van der Waals surface area contributed by atoms with Crippen LogP contribution < -0.4 is 5.56 Å². The van der Waals surface area contributed by atoms with E-state index in [0.717, 1.165) is 0 Å². The highest BCUT2D eigenvalue weighted by molar-refractivity contribution is 6.16. The smallest absolute Gasteiger partial charge is 0.258 e. The summed E-state index contributed by atoms with van der Waals surface area (Å²) in [5.41, 5.74) is 0.240. The van der Waals surface area contributed by atoms with Gasteiger partial charge in [0.1, 0.15) is 11.6 Å². The molecule has 0 spiro atoms. The van der Waals surface area contributed by atoms with Crippen molar-refractivity contribution in [3.05, 3.63) is 34.4 Å². The van der Waals surface area contributed by atoms with Gasteiger partial charge in [-0.2, -0.15) is 0 Å². The molecule has 0 aliphatic carbocycles. The van der Waals surface area contributed by atoms with Gasteiger partial charge in [0.15, 0.2) is 0 Å². The summed E-state index contributed by atoms with van der Waals surface area (Å²) in [6, 6.07) is 4.43. The van der Waals surface area contributed by atoms with E-state index in [4.69, 9.17) is 11.6 Å². The molecule has 2 N–H and O–H groups in total. The quantitative estimate of drug-likeness (QED) is 0.699. The number of nitrogens with one attached hydrogen (secondary N) is 1. The number of hydrogen-bond donors (Lipinski definition) is 2. The van der Waals surface area contributed by atoms with Crippen LogP contribution in [0.5, 0.6) is 5.75 Å². The van der Waals surface area contributed by atoms with Crippen molar-refractivity contribution in [3.8, 4) is 5.75 Å². The van der Waals surface area contributed by atoms with Gasteiger partial charge in [-0.25, -0.2) is 4.98 Å². The molecule has 0 amide bonds. The summed E-state index contributed by atoms with van der Waals surface area (Å²) in [6.45, 7) is 0. The van der Waals surface area contributed by atoms with Gasteiger partial charge in [0.05, 0.1) is 16.8 Å². The maximum atomic E-state index is 11.4. The van der Waals surface area contributed by atoms with Crippen LogP contribution in [0.3, 0.4) is 0 Å². The van der Waals surface area contributed by atoms with E-state index < -0.39 is 0 Å². The van der Waals surface area contributed by atoms with E-state index in [-0.39, 0.29) is 17.2 Å². The van der Waals surface area contributed by atoms with Crippen LogP contribution in [0, 0.1) is 0 Å². The van der Waals surface area contributed by atoms with Crippen molar-refractivity contribution in [2.75, 3.05) is 0 Å². The Hall–Kier alpha value is -1.55. The SMILES string of the molecule is O=c1[nH]c(CCl)nc2ccc(O)cc12. The fourth-order valence-corrected chi connectivity index (χ4v) is 1.36. The highest BCUT2D eigenvalue weighted by atomic mass is 35.5. The first-order valence-electron chi connectivity index (χ1n) is 3.98. The van der Waals surface area contributed by atoms with Crippen LogP contribution in [0.4, 0.5) is 0 Å². The Morgan fingerprint density at radius 1 is 1.50 bits per heavy atom. The lowest BCUT2D eigenvalue weighted by Gasteiger charge is -1.99. The van der Waals surface area contributed by atoms with Crippen LogP contribution in [-0.4, -0.2) is 15.1 Å². The number of alkyl halides is 1. The monoisotopic (exact) mass is 210 g/mol. The number of rotatable bonds is 1. The fourth-order valence-electron chi connectivity index (χ4n) is 1.24. The lowest BCUT2D eigenvalue weighted by Crippen LogP contribution is -2.10. The molecule has 0 radical (unpaired) electrons. The van der Waals surface area contributed by atoms with Gasteiger partial charge in [-0.1, -0.05) is 0 Å². The van der Waals surface area contributed by atoms with Gasteiger partial charge in [0.2, 0.25) is 0 Å². The molecule has 0 saturated carbocycles. The zero-order valence-electron chi connectivity index (χ0n) is 7.12. The minimum absolute atomic E-state index is 0.0448. The first-order valence-corrected chi connectivity index (χ1v) is 4.52. The standard InChI is InChI=1S/C9H7ClN2O2/c10-4-8-11-7-2-1-5(13)3-6(7)9(14)12-8/h1-3,13H,4H2,(H,11,12,14). The number of benzene rings is 1. The van der Waals surface area contributed by atoms with Crippen molar-refractivity contribution in [2.24, 2.45) is 0 Å². The summed E-state index contributed by atoms with van der Waals surface area (Å²) < 4.78 is 0. The lowest BCUT2D eigenvalue weighted by atomic mass is 10.2. The van der Waals surface area contributed by atoms with Crippen LogP contribution in [0.15, 0.2) is 23.0 Å². The third-order valence-corrected chi connectivity index (χ3v) is 2.12. The molecule has 2 aromatic rings. The zero-order chi connectivity index (χ0) is 10.1. The second-order valence-electron chi connectivity index (χ2n) is 2.85. The number of hydrogen-bond acceptors (Lipinski definition) is 3. The molecule has 0 aliphatic heterocycles. The number of phenols is 1. The third-order valence-electron chi connectivity index (χ3n) is 1.86. The van der Waals surface area contributed by atoms with Crippen LogP contribution in [-0.2, 0) is 5.88 Å². The maximum absolute atomic E-state index is 11.4. The van der Waals surface area contributed by atoms with Crippen molar-refractivity contribution < 1.29 is 5.11 Å². The Morgan fingerprint density at radius 3 is 3.00 bits per heavy atom. The number of aromatic nitrogens is 2. The zero-order valence-corrected chi connectivity index (χ0v) is 7.88. The Kier molecular flexibility index (Phi) is 2.13. The van der Waals surface area contributed by atoms with Crippen molar-refractivity contribution in [1.29, 1.82) is 0 Å². The minimum atomic E-state index is -0.290. The van der Waals surface area contributed by atoms with E-state index in [1.165, 1.54) is 12.1 Å². The van der Waals surface area contributed by atoms with Gasteiger partial charge in [0, 0.05) is 0 Å². The topological polar surface area (TPSA) is 66.0 Å². The van der Waals surface area contributed by atoms with Gasteiger partial charge in [-0.3, -0.25) is 4.79 Å². The van der Waals surface area contributed by atoms with Crippen LogP contribution in [0.1, 0.15) is 5.82 Å². The highest BCUT2D eigenvalue weighted by Crippen LogP contribution is 2.14. The molecular weight excluding hydrogens is 204 g/mol. The van der Waals surface area contributed by atoms with Gasteiger partial charge in [-0.05, 0) is 18.2 Å². The van der Waals surface area contributed by atoms with E-state index in [2.05, 4.69) is 9.97 Å². The van der Waals surface area contributed by atoms with Crippen LogP contribution in [0.2, 0.25) is 0 Å². The molecule has 1 aromatic carbocycles. The van der Waals surface area contributed by atoms with Crippen molar-refractivity contribution in [2.45, 2.75) is 5.88 Å². The predicted molar refractivity (Wildman–Crippen MR) is 53.6 cm³/mol. The molecule has 0 saturated heterocycles. The molecule has 72 valence electrons.